The van der Waals surface area contributed by atoms with Gasteiger partial charge in [-0.1, -0.05) is 12.1 Å². The molecule has 0 saturated carbocycles. The lowest BCUT2D eigenvalue weighted by atomic mass is 9.99. The van der Waals surface area contributed by atoms with E-state index >= 15 is 0 Å². The van der Waals surface area contributed by atoms with Gasteiger partial charge < -0.3 is 15.7 Å². The number of benzene rings is 4. The lowest BCUT2D eigenvalue weighted by Gasteiger charge is -2.12. The molecule has 0 saturated heterocycles. The van der Waals surface area contributed by atoms with Crippen LogP contribution in [0, 0.1) is 11.6 Å². The van der Waals surface area contributed by atoms with E-state index in [1.807, 2.05) is 0 Å². The minimum absolute atomic E-state index is 0.0722. The SMILES string of the molecule is O=Cc1cc(Cc2ccc(NC(=O)c3ccc(F)cc3)c(C(=O)O)c2)ccc1NC(=O)c1ccc(F)cc1. The van der Waals surface area contributed by atoms with E-state index in [0.29, 0.717) is 17.4 Å². The van der Waals surface area contributed by atoms with Gasteiger partial charge in [0.05, 0.1) is 16.9 Å². The maximum absolute atomic E-state index is 13.1. The first-order valence-electron chi connectivity index (χ1n) is 11.3. The Balaban J connectivity index is 1.51. The number of rotatable bonds is 8. The van der Waals surface area contributed by atoms with E-state index in [1.165, 1.54) is 36.4 Å². The van der Waals surface area contributed by atoms with Crippen molar-refractivity contribution in [1.82, 2.24) is 0 Å². The molecule has 0 fully saturated rings. The molecule has 2 amide bonds. The second-order valence-electron chi connectivity index (χ2n) is 8.32. The van der Waals surface area contributed by atoms with Gasteiger partial charge in [0.15, 0.2) is 6.29 Å². The number of carbonyl (C=O) groups is 4. The molecule has 9 heteroatoms. The third-order valence-corrected chi connectivity index (χ3v) is 5.67. The fraction of sp³-hybridized carbons (Fsp3) is 0.0345. The molecule has 4 rings (SSSR count). The van der Waals surface area contributed by atoms with Crippen LogP contribution in [0.2, 0.25) is 0 Å². The quantitative estimate of drug-likeness (QED) is 0.266. The summed E-state index contributed by atoms with van der Waals surface area (Å²) in [7, 11) is 0. The summed E-state index contributed by atoms with van der Waals surface area (Å²) in [5.74, 6) is -3.33. The van der Waals surface area contributed by atoms with Gasteiger partial charge in [-0.05, 0) is 90.3 Å². The zero-order chi connectivity index (χ0) is 27.2. The Morgan fingerprint density at radius 1 is 0.684 bits per heavy atom. The Labute approximate surface area is 215 Å². The van der Waals surface area contributed by atoms with Gasteiger partial charge in [0.25, 0.3) is 11.8 Å². The lowest BCUT2D eigenvalue weighted by Crippen LogP contribution is -2.15. The molecule has 0 aromatic heterocycles. The van der Waals surface area contributed by atoms with E-state index in [9.17, 15) is 33.1 Å². The summed E-state index contributed by atoms with van der Waals surface area (Å²) >= 11 is 0. The highest BCUT2D eigenvalue weighted by atomic mass is 19.1. The molecule has 4 aromatic rings. The molecule has 0 unspecified atom stereocenters. The average Bonchev–Trinajstić information content (AvgIpc) is 2.90. The fourth-order valence-corrected chi connectivity index (χ4v) is 3.75. The third-order valence-electron chi connectivity index (χ3n) is 5.67. The standard InChI is InChI=1S/C29H20F2N2O5/c30-22-7-3-19(4-8-22)27(35)32-25-11-1-17(14-21(25)16-34)13-18-2-12-26(24(15-18)29(37)38)33-28(36)20-5-9-23(31)10-6-20/h1-12,14-16H,13H2,(H,32,35)(H,33,36)(H,37,38). The van der Waals surface area contributed by atoms with E-state index < -0.39 is 29.4 Å². The van der Waals surface area contributed by atoms with Gasteiger partial charge >= 0.3 is 5.97 Å². The molecular weight excluding hydrogens is 494 g/mol. The molecule has 4 aromatic carbocycles. The zero-order valence-corrected chi connectivity index (χ0v) is 19.7. The van der Waals surface area contributed by atoms with Crippen LogP contribution in [0.25, 0.3) is 0 Å². The minimum atomic E-state index is -1.26. The van der Waals surface area contributed by atoms with Crippen molar-refractivity contribution in [3.63, 3.8) is 0 Å². The molecule has 3 N–H and O–H groups in total. The third kappa shape index (κ3) is 6.14. The van der Waals surface area contributed by atoms with E-state index in [1.54, 1.807) is 24.3 Å². The predicted molar refractivity (Wildman–Crippen MR) is 137 cm³/mol. The number of hydrogen-bond donors (Lipinski definition) is 3. The summed E-state index contributed by atoms with van der Waals surface area (Å²) < 4.78 is 26.2. The largest absolute Gasteiger partial charge is 0.478 e. The first-order valence-corrected chi connectivity index (χ1v) is 11.3. The van der Waals surface area contributed by atoms with Crippen molar-refractivity contribution < 1.29 is 33.1 Å². The fourth-order valence-electron chi connectivity index (χ4n) is 3.75. The van der Waals surface area contributed by atoms with Gasteiger partial charge in [0.2, 0.25) is 0 Å². The summed E-state index contributed by atoms with van der Waals surface area (Å²) in [6, 6.07) is 19.1. The van der Waals surface area contributed by atoms with Crippen LogP contribution in [0.3, 0.4) is 0 Å². The normalized spacial score (nSPS) is 10.5. The van der Waals surface area contributed by atoms with Gasteiger partial charge in [-0.25, -0.2) is 13.6 Å². The molecule has 0 radical (unpaired) electrons. The van der Waals surface area contributed by atoms with Crippen molar-refractivity contribution in [3.8, 4) is 0 Å². The molecule has 0 aliphatic rings. The lowest BCUT2D eigenvalue weighted by molar-refractivity contribution is 0.0697. The highest BCUT2D eigenvalue weighted by Gasteiger charge is 2.16. The highest BCUT2D eigenvalue weighted by molar-refractivity contribution is 6.08. The first kappa shape index (κ1) is 25.9. The maximum atomic E-state index is 13.1. The summed E-state index contributed by atoms with van der Waals surface area (Å²) in [5.41, 5.74) is 2.07. The first-order chi connectivity index (χ1) is 18.2. The van der Waals surface area contributed by atoms with Crippen LogP contribution in [0.1, 0.15) is 52.6 Å². The second-order valence-corrected chi connectivity index (χ2v) is 8.32. The van der Waals surface area contributed by atoms with Crippen LogP contribution in [-0.2, 0) is 6.42 Å². The summed E-state index contributed by atoms with van der Waals surface area (Å²) in [6.07, 6.45) is 0.847. The highest BCUT2D eigenvalue weighted by Crippen LogP contribution is 2.23. The molecule has 38 heavy (non-hydrogen) atoms. The van der Waals surface area contributed by atoms with Gasteiger partial charge in [-0.3, -0.25) is 14.4 Å². The number of carboxylic acid groups (broad SMARTS) is 1. The number of aromatic carboxylic acids is 1. The second kappa shape index (κ2) is 11.3. The molecule has 0 heterocycles. The smallest absolute Gasteiger partial charge is 0.337 e. The number of carboxylic acids is 1. The van der Waals surface area contributed by atoms with Crippen LogP contribution in [-0.4, -0.2) is 29.2 Å². The summed E-state index contributed by atoms with van der Waals surface area (Å²) in [4.78, 5) is 48.4. The Hall–Kier alpha value is -5.18. The van der Waals surface area contributed by atoms with Crippen molar-refractivity contribution >= 4 is 35.4 Å². The van der Waals surface area contributed by atoms with E-state index in [-0.39, 0.29) is 40.0 Å². The monoisotopic (exact) mass is 514 g/mol. The summed E-state index contributed by atoms with van der Waals surface area (Å²) in [5, 5.41) is 14.8. The van der Waals surface area contributed by atoms with E-state index in [4.69, 9.17) is 0 Å². The van der Waals surface area contributed by atoms with Crippen LogP contribution in [0.4, 0.5) is 20.2 Å². The predicted octanol–water partition coefficient (Wildman–Crippen LogP) is 5.57. The van der Waals surface area contributed by atoms with Crippen molar-refractivity contribution in [1.29, 1.82) is 0 Å². The molecule has 0 bridgehead atoms. The zero-order valence-electron chi connectivity index (χ0n) is 19.7. The van der Waals surface area contributed by atoms with Crippen LogP contribution in [0.5, 0.6) is 0 Å². The van der Waals surface area contributed by atoms with Crippen LogP contribution in [0.15, 0.2) is 84.9 Å². The molecule has 7 nitrogen and oxygen atoms in total. The molecule has 190 valence electrons. The number of nitrogens with one attached hydrogen (secondary N) is 2. The number of anilines is 2. The van der Waals surface area contributed by atoms with Crippen LogP contribution >= 0.6 is 0 Å². The Bertz CT molecular complexity index is 1530. The van der Waals surface area contributed by atoms with Crippen molar-refractivity contribution in [2.45, 2.75) is 6.42 Å². The van der Waals surface area contributed by atoms with Gasteiger partial charge in [0, 0.05) is 16.7 Å². The number of halogens is 2. The average molecular weight is 514 g/mol. The van der Waals surface area contributed by atoms with Crippen LogP contribution < -0.4 is 10.6 Å². The molecule has 0 aliphatic carbocycles. The van der Waals surface area contributed by atoms with Gasteiger partial charge in [0.1, 0.15) is 11.6 Å². The van der Waals surface area contributed by atoms with Crippen molar-refractivity contribution in [2.24, 2.45) is 0 Å². The van der Waals surface area contributed by atoms with Gasteiger partial charge in [-0.2, -0.15) is 0 Å². The topological polar surface area (TPSA) is 113 Å². The number of amides is 2. The maximum Gasteiger partial charge on any atom is 0.337 e. The van der Waals surface area contributed by atoms with Crippen molar-refractivity contribution in [2.75, 3.05) is 10.6 Å². The number of hydrogen-bond acceptors (Lipinski definition) is 4. The minimum Gasteiger partial charge on any atom is -0.478 e. The molecule has 0 atom stereocenters. The molecular formula is C29H20F2N2O5. The Kier molecular flexibility index (Phi) is 7.67. The summed E-state index contributed by atoms with van der Waals surface area (Å²) in [6.45, 7) is 0. The van der Waals surface area contributed by atoms with Crippen molar-refractivity contribution in [3.05, 3.63) is 130 Å². The van der Waals surface area contributed by atoms with E-state index in [2.05, 4.69) is 10.6 Å². The Morgan fingerprint density at radius 3 is 1.66 bits per heavy atom. The molecule has 0 spiro atoms. The van der Waals surface area contributed by atoms with E-state index in [0.717, 1.165) is 24.3 Å². The van der Waals surface area contributed by atoms with Gasteiger partial charge in [-0.15, -0.1) is 0 Å². The number of aldehydes is 1. The number of carbonyl (C=O) groups excluding carboxylic acids is 3. The Morgan fingerprint density at radius 2 is 1.16 bits per heavy atom. The molecule has 0 aliphatic heterocycles.